The molecule has 1 rings (SSSR count). The van der Waals surface area contributed by atoms with Crippen molar-refractivity contribution in [3.8, 4) is 0 Å². The Kier molecular flexibility index (Phi) is 4.84. The molecule has 0 aromatic heterocycles. The summed E-state index contributed by atoms with van der Waals surface area (Å²) in [4.78, 5) is 11.5. The molecule has 1 unspecified atom stereocenters. The van der Waals surface area contributed by atoms with E-state index in [1.165, 1.54) is 7.11 Å². The van der Waals surface area contributed by atoms with Crippen molar-refractivity contribution >= 4 is 17.0 Å². The smallest absolute Gasteiger partial charge is 0.338 e. The normalized spacial score (nSPS) is 12.2. The number of carbonyl (C=O) groups is 1. The first-order valence-corrected chi connectivity index (χ1v) is 6.50. The highest BCUT2D eigenvalue weighted by Gasteiger charge is 2.13. The molecule has 94 valence electrons. The fourth-order valence-electron chi connectivity index (χ4n) is 1.73. The molecule has 0 heterocycles. The van der Waals surface area contributed by atoms with Crippen LogP contribution < -0.4 is 0 Å². The van der Waals surface area contributed by atoms with Gasteiger partial charge in [-0.3, -0.25) is 4.21 Å². The van der Waals surface area contributed by atoms with E-state index >= 15 is 0 Å². The molecule has 17 heavy (non-hydrogen) atoms. The molecule has 1 aromatic rings. The minimum atomic E-state index is -2.16. The highest BCUT2D eigenvalue weighted by atomic mass is 32.2. The third-order valence-electron chi connectivity index (χ3n) is 2.61. The van der Waals surface area contributed by atoms with Crippen LogP contribution in [0.15, 0.2) is 12.1 Å². The fraction of sp³-hybridized carbons (Fsp3) is 0.417. The average Bonchev–Trinajstić information content (AvgIpc) is 2.29. The molecule has 5 heteroatoms. The van der Waals surface area contributed by atoms with E-state index in [4.69, 9.17) is 0 Å². The van der Waals surface area contributed by atoms with Gasteiger partial charge in [-0.15, -0.1) is 0 Å². The highest BCUT2D eigenvalue weighted by molar-refractivity contribution is 7.78. The van der Waals surface area contributed by atoms with Crippen LogP contribution in [0.3, 0.4) is 0 Å². The Morgan fingerprint density at radius 2 is 2.06 bits per heavy atom. The second-order valence-electron chi connectivity index (χ2n) is 3.73. The lowest BCUT2D eigenvalue weighted by Gasteiger charge is -2.13. The molecule has 1 atom stereocenters. The molecule has 0 bridgehead atoms. The van der Waals surface area contributed by atoms with Crippen molar-refractivity contribution in [2.24, 2.45) is 0 Å². The molecule has 0 fully saturated rings. The van der Waals surface area contributed by atoms with Gasteiger partial charge >= 0.3 is 5.97 Å². The van der Waals surface area contributed by atoms with Gasteiger partial charge in [-0.05, 0) is 36.1 Å². The summed E-state index contributed by atoms with van der Waals surface area (Å²) in [6.45, 7) is 3.76. The van der Waals surface area contributed by atoms with Crippen LogP contribution in [0.1, 0.15) is 34.0 Å². The average molecular weight is 255 g/mol. The maximum Gasteiger partial charge on any atom is 0.338 e. The van der Waals surface area contributed by atoms with E-state index in [0.717, 1.165) is 17.5 Å². The SMILES string of the molecule is CCc1cc(C)c(C(=O)OC)cc1CS(=O)[O-]. The maximum atomic E-state index is 11.5. The van der Waals surface area contributed by atoms with Crippen molar-refractivity contribution in [2.45, 2.75) is 26.0 Å². The molecule has 4 nitrogen and oxygen atoms in total. The monoisotopic (exact) mass is 255 g/mol. The Balaban J connectivity index is 3.26. The second-order valence-corrected chi connectivity index (χ2v) is 4.63. The van der Waals surface area contributed by atoms with Crippen molar-refractivity contribution < 1.29 is 18.3 Å². The van der Waals surface area contributed by atoms with Gasteiger partial charge in [0.2, 0.25) is 0 Å². The van der Waals surface area contributed by atoms with E-state index in [1.54, 1.807) is 6.07 Å². The largest absolute Gasteiger partial charge is 0.772 e. The molecule has 0 aliphatic heterocycles. The fourth-order valence-corrected chi connectivity index (χ4v) is 2.26. The van der Waals surface area contributed by atoms with E-state index in [9.17, 15) is 13.6 Å². The molecule has 1 aromatic carbocycles. The minimum absolute atomic E-state index is 0.0759. The van der Waals surface area contributed by atoms with Gasteiger partial charge < -0.3 is 9.29 Å². The zero-order valence-corrected chi connectivity index (χ0v) is 10.9. The molecule has 0 aliphatic rings. The van der Waals surface area contributed by atoms with Gasteiger partial charge in [0.05, 0.1) is 12.7 Å². The van der Waals surface area contributed by atoms with Crippen LogP contribution >= 0.6 is 0 Å². The summed E-state index contributed by atoms with van der Waals surface area (Å²) >= 11 is -2.16. The summed E-state index contributed by atoms with van der Waals surface area (Å²) in [5.74, 6) is -0.518. The van der Waals surface area contributed by atoms with Crippen LogP contribution in [0.5, 0.6) is 0 Å². The first-order valence-electron chi connectivity index (χ1n) is 5.26. The standard InChI is InChI=1S/C12H16O4S/c1-4-9-5-8(2)11(12(13)16-3)6-10(9)7-17(14)15/h5-6H,4,7H2,1-3H3,(H,14,15)/p-1. The van der Waals surface area contributed by atoms with Crippen molar-refractivity contribution in [2.75, 3.05) is 7.11 Å². The van der Waals surface area contributed by atoms with Gasteiger partial charge in [-0.25, -0.2) is 4.79 Å². The number of esters is 1. The topological polar surface area (TPSA) is 66.4 Å². The quantitative estimate of drug-likeness (QED) is 0.607. The second kappa shape index (κ2) is 5.93. The number of hydrogen-bond donors (Lipinski definition) is 0. The van der Waals surface area contributed by atoms with Crippen molar-refractivity contribution in [3.63, 3.8) is 0 Å². The lowest BCUT2D eigenvalue weighted by Crippen LogP contribution is -2.08. The first-order chi connectivity index (χ1) is 7.99. The summed E-state index contributed by atoms with van der Waals surface area (Å²) in [7, 11) is 1.31. The van der Waals surface area contributed by atoms with E-state index in [-0.39, 0.29) is 5.75 Å². The summed E-state index contributed by atoms with van der Waals surface area (Å²) in [5.41, 5.74) is 2.82. The molecule has 0 amide bonds. The third-order valence-corrected chi connectivity index (χ3v) is 3.15. The predicted octanol–water partition coefficient (Wildman–Crippen LogP) is 1.72. The molecule has 0 radical (unpaired) electrons. The number of hydrogen-bond acceptors (Lipinski definition) is 4. The molecule has 0 saturated heterocycles. The van der Waals surface area contributed by atoms with Crippen molar-refractivity contribution in [1.29, 1.82) is 0 Å². The third kappa shape index (κ3) is 3.38. The maximum absolute atomic E-state index is 11.5. The molecular formula is C12H15O4S-. The summed E-state index contributed by atoms with van der Waals surface area (Å²) < 4.78 is 26.2. The van der Waals surface area contributed by atoms with Gasteiger partial charge in [0.25, 0.3) is 0 Å². The molecule has 0 aliphatic carbocycles. The van der Waals surface area contributed by atoms with Gasteiger partial charge in [0.15, 0.2) is 0 Å². The summed E-state index contributed by atoms with van der Waals surface area (Å²) in [6.07, 6.45) is 0.731. The molecular weight excluding hydrogens is 240 g/mol. The van der Waals surface area contributed by atoms with Gasteiger partial charge in [-0.1, -0.05) is 24.1 Å². The molecule has 0 saturated carbocycles. The predicted molar refractivity (Wildman–Crippen MR) is 64.5 cm³/mol. The zero-order chi connectivity index (χ0) is 13.0. The van der Waals surface area contributed by atoms with Gasteiger partial charge in [0, 0.05) is 5.75 Å². The number of ether oxygens (including phenoxy) is 1. The van der Waals surface area contributed by atoms with E-state index in [1.807, 2.05) is 19.9 Å². The number of carbonyl (C=O) groups excluding carboxylic acids is 1. The Morgan fingerprint density at radius 3 is 2.53 bits per heavy atom. The van der Waals surface area contributed by atoms with Crippen LogP contribution in [0, 0.1) is 6.92 Å². The van der Waals surface area contributed by atoms with Crippen LogP contribution in [0.4, 0.5) is 0 Å². The van der Waals surface area contributed by atoms with Crippen LogP contribution in [-0.4, -0.2) is 21.8 Å². The Labute approximate surface area is 103 Å². The Morgan fingerprint density at radius 1 is 1.41 bits per heavy atom. The van der Waals surface area contributed by atoms with Crippen LogP contribution in [0.2, 0.25) is 0 Å². The summed E-state index contributed by atoms with van der Waals surface area (Å²) in [6, 6.07) is 3.45. The number of methoxy groups -OCH3 is 1. The Bertz CT molecular complexity index is 454. The zero-order valence-electron chi connectivity index (χ0n) is 10.1. The van der Waals surface area contributed by atoms with Crippen molar-refractivity contribution in [1.82, 2.24) is 0 Å². The lowest BCUT2D eigenvalue weighted by atomic mass is 9.98. The minimum Gasteiger partial charge on any atom is -0.772 e. The first kappa shape index (κ1) is 13.9. The highest BCUT2D eigenvalue weighted by Crippen LogP contribution is 2.19. The Hall–Kier alpha value is -1.20. The number of aryl methyl sites for hydroxylation is 2. The van der Waals surface area contributed by atoms with Crippen LogP contribution in [0.25, 0.3) is 0 Å². The van der Waals surface area contributed by atoms with Gasteiger partial charge in [-0.2, -0.15) is 0 Å². The lowest BCUT2D eigenvalue weighted by molar-refractivity contribution is 0.0599. The summed E-state index contributed by atoms with van der Waals surface area (Å²) in [5, 5.41) is 0. The van der Waals surface area contributed by atoms with E-state index in [0.29, 0.717) is 11.1 Å². The number of benzene rings is 1. The van der Waals surface area contributed by atoms with E-state index < -0.39 is 17.0 Å². The number of rotatable bonds is 4. The molecule has 0 N–H and O–H groups in total. The van der Waals surface area contributed by atoms with Crippen LogP contribution in [-0.2, 0) is 28.0 Å². The van der Waals surface area contributed by atoms with E-state index in [2.05, 4.69) is 4.74 Å². The van der Waals surface area contributed by atoms with Gasteiger partial charge in [0.1, 0.15) is 0 Å². The molecule has 0 spiro atoms. The van der Waals surface area contributed by atoms with Crippen molar-refractivity contribution in [3.05, 3.63) is 34.4 Å².